The number of halogens is 2. The van der Waals surface area contributed by atoms with Crippen LogP contribution in [0.15, 0.2) is 43.4 Å². The van der Waals surface area contributed by atoms with Crippen LogP contribution in [0.2, 0.25) is 0 Å². The zero-order valence-electron chi connectivity index (χ0n) is 12.0. The Balaban J connectivity index is 2.37. The summed E-state index contributed by atoms with van der Waals surface area (Å²) in [6.45, 7) is 2.19. The summed E-state index contributed by atoms with van der Waals surface area (Å²) in [6, 6.07) is 5.75. The Morgan fingerprint density at radius 2 is 2.14 bits per heavy atom. The largest absolute Gasteiger partial charge is 0.329 e. The minimum absolute atomic E-state index is 0.252. The average Bonchev–Trinajstić information content (AvgIpc) is 2.48. The predicted octanol–water partition coefficient (Wildman–Crippen LogP) is 1.84. The summed E-state index contributed by atoms with van der Waals surface area (Å²) in [5.41, 5.74) is -0.690. The molecule has 116 valence electrons. The first-order valence-corrected chi connectivity index (χ1v) is 7.28. The van der Waals surface area contributed by atoms with E-state index in [2.05, 4.69) is 26.0 Å². The summed E-state index contributed by atoms with van der Waals surface area (Å²) < 4.78 is 15.3. The van der Waals surface area contributed by atoms with Gasteiger partial charge in [-0.15, -0.1) is 0 Å². The molecule has 8 heteroatoms. The lowest BCUT2D eigenvalue weighted by molar-refractivity contribution is 0.625. The second-order valence-electron chi connectivity index (χ2n) is 4.48. The molecule has 0 saturated carbocycles. The van der Waals surface area contributed by atoms with E-state index in [4.69, 9.17) is 0 Å². The molecule has 22 heavy (non-hydrogen) atoms. The summed E-state index contributed by atoms with van der Waals surface area (Å²) in [5, 5.41) is 5.53. The van der Waals surface area contributed by atoms with Gasteiger partial charge in [0.05, 0.1) is 6.21 Å². The van der Waals surface area contributed by atoms with E-state index in [9.17, 15) is 14.0 Å². The van der Waals surface area contributed by atoms with Gasteiger partial charge in [0.2, 0.25) is 0 Å². The maximum absolute atomic E-state index is 13.7. The van der Waals surface area contributed by atoms with Gasteiger partial charge in [0, 0.05) is 29.7 Å². The van der Waals surface area contributed by atoms with Crippen molar-refractivity contribution < 1.29 is 4.39 Å². The number of hydrogen-bond donors (Lipinski definition) is 1. The summed E-state index contributed by atoms with van der Waals surface area (Å²) in [6.07, 6.45) is 1.33. The Labute approximate surface area is 134 Å². The molecule has 0 aliphatic heterocycles. The van der Waals surface area contributed by atoms with Gasteiger partial charge in [0.25, 0.3) is 5.56 Å². The van der Waals surface area contributed by atoms with Gasteiger partial charge in [-0.05, 0) is 25.1 Å². The number of nitrogens with zero attached hydrogens (tertiary/aromatic N) is 3. The van der Waals surface area contributed by atoms with Crippen LogP contribution in [0.4, 0.5) is 10.2 Å². The van der Waals surface area contributed by atoms with E-state index < -0.39 is 17.1 Å². The second-order valence-corrected chi connectivity index (χ2v) is 5.40. The zero-order chi connectivity index (χ0) is 16.3. The van der Waals surface area contributed by atoms with Crippen molar-refractivity contribution in [1.29, 1.82) is 0 Å². The fourth-order valence-corrected chi connectivity index (χ4v) is 2.12. The lowest BCUT2D eigenvalue weighted by Crippen LogP contribution is -2.34. The molecule has 0 radical (unpaired) electrons. The number of aromatic amines is 1. The third-order valence-corrected chi connectivity index (χ3v) is 3.50. The van der Waals surface area contributed by atoms with Crippen molar-refractivity contribution in [2.75, 3.05) is 11.6 Å². The lowest BCUT2D eigenvalue weighted by atomic mass is 10.2. The van der Waals surface area contributed by atoms with Gasteiger partial charge >= 0.3 is 5.69 Å². The van der Waals surface area contributed by atoms with E-state index in [-0.39, 0.29) is 5.82 Å². The van der Waals surface area contributed by atoms with E-state index in [0.29, 0.717) is 12.1 Å². The highest BCUT2D eigenvalue weighted by Gasteiger charge is 2.07. The summed E-state index contributed by atoms with van der Waals surface area (Å²) in [5.74, 6) is -0.164. The molecule has 0 unspecified atom stereocenters. The summed E-state index contributed by atoms with van der Waals surface area (Å²) >= 11 is 3.26. The number of nitrogens with one attached hydrogen (secondary N) is 1. The molecular weight excluding hydrogens is 355 g/mol. The topological polar surface area (TPSA) is 70.5 Å². The molecule has 6 nitrogen and oxygen atoms in total. The van der Waals surface area contributed by atoms with Crippen LogP contribution in [-0.4, -0.2) is 22.3 Å². The van der Waals surface area contributed by atoms with Gasteiger partial charge in [-0.3, -0.25) is 14.3 Å². The van der Waals surface area contributed by atoms with E-state index in [1.807, 2.05) is 0 Å². The van der Waals surface area contributed by atoms with Crippen LogP contribution >= 0.6 is 15.9 Å². The normalized spacial score (nSPS) is 11.1. The molecule has 0 fully saturated rings. The number of aromatic nitrogens is 2. The van der Waals surface area contributed by atoms with Crippen LogP contribution in [-0.2, 0) is 7.05 Å². The molecule has 0 atom stereocenters. The molecule has 2 aromatic rings. The van der Waals surface area contributed by atoms with Crippen LogP contribution in [0.1, 0.15) is 12.5 Å². The number of benzene rings is 1. The van der Waals surface area contributed by atoms with E-state index >= 15 is 0 Å². The van der Waals surface area contributed by atoms with Crippen LogP contribution < -0.4 is 16.3 Å². The Morgan fingerprint density at radius 3 is 2.77 bits per heavy atom. The van der Waals surface area contributed by atoms with E-state index in [1.165, 1.54) is 30.4 Å². The highest BCUT2D eigenvalue weighted by Crippen LogP contribution is 2.14. The maximum Gasteiger partial charge on any atom is 0.329 e. The molecule has 0 spiro atoms. The average molecular weight is 369 g/mol. The van der Waals surface area contributed by atoms with Crippen LogP contribution in [0, 0.1) is 5.82 Å². The van der Waals surface area contributed by atoms with Gasteiger partial charge in [-0.25, -0.2) is 14.2 Å². The van der Waals surface area contributed by atoms with Crippen LogP contribution in [0.25, 0.3) is 0 Å². The van der Waals surface area contributed by atoms with Crippen LogP contribution in [0.5, 0.6) is 0 Å². The molecule has 1 aromatic carbocycles. The van der Waals surface area contributed by atoms with Gasteiger partial charge in [-0.1, -0.05) is 15.9 Å². The molecule has 1 heterocycles. The van der Waals surface area contributed by atoms with Crippen molar-refractivity contribution in [2.45, 2.75) is 6.92 Å². The summed E-state index contributed by atoms with van der Waals surface area (Å²) in [7, 11) is 1.38. The minimum Gasteiger partial charge on any atom is -0.292 e. The summed E-state index contributed by atoms with van der Waals surface area (Å²) in [4.78, 5) is 25.8. The fourth-order valence-electron chi connectivity index (χ4n) is 1.74. The molecule has 1 N–H and O–H groups in total. The number of anilines is 1. The number of H-pyrrole nitrogens is 1. The number of hydrazone groups is 1. The molecule has 1 aromatic heterocycles. The van der Waals surface area contributed by atoms with Gasteiger partial charge < -0.3 is 0 Å². The molecule has 0 aliphatic carbocycles. The monoisotopic (exact) mass is 368 g/mol. The van der Waals surface area contributed by atoms with E-state index in [0.717, 1.165) is 9.04 Å². The third-order valence-electron chi connectivity index (χ3n) is 3.00. The van der Waals surface area contributed by atoms with Crippen molar-refractivity contribution in [3.63, 3.8) is 0 Å². The quantitative estimate of drug-likeness (QED) is 0.661. The molecule has 0 saturated heterocycles. The maximum atomic E-state index is 13.7. The smallest absolute Gasteiger partial charge is 0.292 e. The first-order chi connectivity index (χ1) is 10.4. The van der Waals surface area contributed by atoms with Gasteiger partial charge in [0.1, 0.15) is 11.6 Å². The number of rotatable bonds is 4. The first kappa shape index (κ1) is 16.2. The predicted molar refractivity (Wildman–Crippen MR) is 87.0 cm³/mol. The van der Waals surface area contributed by atoms with Crippen molar-refractivity contribution in [3.05, 3.63) is 61.0 Å². The zero-order valence-corrected chi connectivity index (χ0v) is 13.6. The SMILES string of the molecule is CCN(/N=C/c1cc(Br)ccc1F)c1cc(=O)n(C)c(=O)[nH]1. The van der Waals surface area contributed by atoms with Crippen molar-refractivity contribution in [1.82, 2.24) is 9.55 Å². The molecule has 0 aliphatic rings. The van der Waals surface area contributed by atoms with Crippen LogP contribution in [0.3, 0.4) is 0 Å². The lowest BCUT2D eigenvalue weighted by Gasteiger charge is -2.16. The standard InChI is InChI=1S/C14H14BrFN4O2/c1-3-20(12-7-13(21)19(2)14(22)18-12)17-8-9-6-10(15)4-5-11(9)16/h4-8H,3H2,1-2H3,(H,18,22)/b17-8+. The third kappa shape index (κ3) is 3.51. The fraction of sp³-hybridized carbons (Fsp3) is 0.214. The Hall–Kier alpha value is -2.22. The van der Waals surface area contributed by atoms with Crippen molar-refractivity contribution >= 4 is 28.0 Å². The molecule has 0 bridgehead atoms. The molecular formula is C14H14BrFN4O2. The molecule has 0 amide bonds. The Kier molecular flexibility index (Phi) is 4.92. The highest BCUT2D eigenvalue weighted by atomic mass is 79.9. The van der Waals surface area contributed by atoms with Crippen molar-refractivity contribution in [2.24, 2.45) is 12.1 Å². The first-order valence-electron chi connectivity index (χ1n) is 6.49. The van der Waals surface area contributed by atoms with E-state index in [1.54, 1.807) is 19.1 Å². The van der Waals surface area contributed by atoms with Gasteiger partial charge in [0.15, 0.2) is 0 Å². The van der Waals surface area contributed by atoms with Crippen molar-refractivity contribution in [3.8, 4) is 0 Å². The van der Waals surface area contributed by atoms with Gasteiger partial charge in [-0.2, -0.15) is 5.10 Å². The molecule has 2 rings (SSSR count). The highest BCUT2D eigenvalue weighted by molar-refractivity contribution is 9.10. The minimum atomic E-state index is -0.537. The second kappa shape index (κ2) is 6.69. The number of hydrogen-bond acceptors (Lipinski definition) is 4. The Bertz CT molecular complexity index is 797. The Morgan fingerprint density at radius 1 is 1.41 bits per heavy atom.